The summed E-state index contributed by atoms with van der Waals surface area (Å²) in [6.07, 6.45) is 0.782. The molecule has 3 heteroatoms. The number of nitrogens with zero attached hydrogens (tertiary/aromatic N) is 1. The van der Waals surface area contributed by atoms with Crippen LogP contribution in [-0.4, -0.2) is 24.4 Å². The number of benzene rings is 1. The summed E-state index contributed by atoms with van der Waals surface area (Å²) in [5.74, 6) is 0. The van der Waals surface area contributed by atoms with Crippen molar-refractivity contribution in [3.05, 3.63) is 41.1 Å². The molecule has 0 aromatic heterocycles. The van der Waals surface area contributed by atoms with Crippen LogP contribution in [0.3, 0.4) is 0 Å². The third-order valence-corrected chi connectivity index (χ3v) is 2.25. The van der Waals surface area contributed by atoms with Crippen LogP contribution in [0.2, 0.25) is 0 Å². The minimum Gasteiger partial charge on any atom is -0.783 e. The van der Waals surface area contributed by atoms with Crippen molar-refractivity contribution in [2.24, 2.45) is 0 Å². The van der Waals surface area contributed by atoms with Crippen molar-refractivity contribution in [3.63, 3.8) is 0 Å². The molecule has 0 spiro atoms. The van der Waals surface area contributed by atoms with Gasteiger partial charge in [-0.15, -0.1) is 0 Å². The fourth-order valence-electron chi connectivity index (χ4n) is 1.51. The molecule has 1 unspecified atom stereocenters. The molecule has 0 amide bonds. The van der Waals surface area contributed by atoms with Gasteiger partial charge in [0.05, 0.1) is 13.3 Å². The van der Waals surface area contributed by atoms with Crippen molar-refractivity contribution in [2.45, 2.75) is 12.5 Å². The molecular formula is C10H12NO2-. The first-order valence-electron chi connectivity index (χ1n) is 4.42. The molecule has 3 nitrogen and oxygen atoms in total. The van der Waals surface area contributed by atoms with Crippen molar-refractivity contribution in [1.29, 1.82) is 0 Å². The average Bonchev–Trinajstić information content (AvgIpc) is 2.54. The normalized spacial score (nSPS) is 23.6. The average molecular weight is 178 g/mol. The van der Waals surface area contributed by atoms with Crippen molar-refractivity contribution in [3.8, 4) is 0 Å². The summed E-state index contributed by atoms with van der Waals surface area (Å²) >= 11 is 0. The molecule has 1 aromatic rings. The van der Waals surface area contributed by atoms with Crippen molar-refractivity contribution >= 4 is 0 Å². The topological polar surface area (TPSA) is 35.5 Å². The monoisotopic (exact) mass is 178 g/mol. The lowest BCUT2D eigenvalue weighted by Crippen LogP contribution is -2.27. The summed E-state index contributed by atoms with van der Waals surface area (Å²) < 4.78 is 5.05. The van der Waals surface area contributed by atoms with Crippen molar-refractivity contribution < 1.29 is 4.74 Å². The molecule has 1 aliphatic heterocycles. The Morgan fingerprint density at radius 2 is 2.15 bits per heavy atom. The maximum Gasteiger partial charge on any atom is 0.0880 e. The molecule has 1 aliphatic rings. The maximum absolute atomic E-state index is 11.2. The lowest BCUT2D eigenvalue weighted by molar-refractivity contribution is 0.162. The Morgan fingerprint density at radius 1 is 1.38 bits per heavy atom. The smallest absolute Gasteiger partial charge is 0.0880 e. The van der Waals surface area contributed by atoms with Gasteiger partial charge in [-0.1, -0.05) is 30.3 Å². The predicted octanol–water partition coefficient (Wildman–Crippen LogP) is 1.39. The summed E-state index contributed by atoms with van der Waals surface area (Å²) in [6, 6.07) is 10.0. The first-order chi connectivity index (χ1) is 6.36. The first-order valence-corrected chi connectivity index (χ1v) is 4.42. The third kappa shape index (κ3) is 2.06. The Balaban J connectivity index is 1.98. The van der Waals surface area contributed by atoms with Crippen LogP contribution in [0.25, 0.3) is 0 Å². The second-order valence-corrected chi connectivity index (χ2v) is 3.26. The van der Waals surface area contributed by atoms with Gasteiger partial charge in [0.15, 0.2) is 0 Å². The number of hydrogen-bond donors (Lipinski definition) is 0. The van der Waals surface area contributed by atoms with Gasteiger partial charge >= 0.3 is 0 Å². The van der Waals surface area contributed by atoms with Gasteiger partial charge in [0, 0.05) is 6.04 Å². The number of rotatable bonds is 2. The van der Waals surface area contributed by atoms with Crippen LogP contribution < -0.4 is 0 Å². The van der Waals surface area contributed by atoms with E-state index in [1.54, 1.807) is 0 Å². The second kappa shape index (κ2) is 3.87. The van der Waals surface area contributed by atoms with Gasteiger partial charge in [0.1, 0.15) is 0 Å². The standard InChI is InChI=1S/C10H12NO2/c12-11-8-13-7-10(11)6-9-4-2-1-3-5-9/h1-5,10H,6-8H2/q-1. The molecule has 0 bridgehead atoms. The molecule has 1 heterocycles. The van der Waals surface area contributed by atoms with E-state index >= 15 is 0 Å². The van der Waals surface area contributed by atoms with Gasteiger partial charge in [0.25, 0.3) is 0 Å². The van der Waals surface area contributed by atoms with Crippen LogP contribution in [0.5, 0.6) is 0 Å². The van der Waals surface area contributed by atoms with Crippen LogP contribution in [0, 0.1) is 5.21 Å². The first kappa shape index (κ1) is 8.69. The van der Waals surface area contributed by atoms with E-state index in [1.807, 2.05) is 30.3 Å². The van der Waals surface area contributed by atoms with Crippen LogP contribution in [0.1, 0.15) is 5.56 Å². The van der Waals surface area contributed by atoms with Crippen LogP contribution in [0.4, 0.5) is 0 Å². The zero-order valence-electron chi connectivity index (χ0n) is 7.35. The molecule has 0 radical (unpaired) electrons. The zero-order valence-corrected chi connectivity index (χ0v) is 7.35. The number of hydrogen-bond acceptors (Lipinski definition) is 3. The lowest BCUT2D eigenvalue weighted by atomic mass is 10.1. The van der Waals surface area contributed by atoms with E-state index in [0.717, 1.165) is 11.5 Å². The number of hydroxylamine groups is 2. The van der Waals surface area contributed by atoms with E-state index in [2.05, 4.69) is 0 Å². The summed E-state index contributed by atoms with van der Waals surface area (Å²) in [5, 5.41) is 12.2. The van der Waals surface area contributed by atoms with E-state index in [1.165, 1.54) is 5.56 Å². The zero-order chi connectivity index (χ0) is 9.10. The van der Waals surface area contributed by atoms with Gasteiger partial charge in [-0.25, -0.2) is 0 Å². The number of ether oxygens (including phenoxy) is 1. The quantitative estimate of drug-likeness (QED) is 0.686. The Hall–Kier alpha value is -0.900. The highest BCUT2D eigenvalue weighted by molar-refractivity contribution is 5.16. The molecule has 1 saturated heterocycles. The van der Waals surface area contributed by atoms with Gasteiger partial charge in [-0.2, -0.15) is 0 Å². The fraction of sp³-hybridized carbons (Fsp3) is 0.400. The molecule has 1 aromatic carbocycles. The molecule has 70 valence electrons. The van der Waals surface area contributed by atoms with Crippen molar-refractivity contribution in [1.82, 2.24) is 5.06 Å². The molecule has 1 atom stereocenters. The van der Waals surface area contributed by atoms with Crippen LogP contribution >= 0.6 is 0 Å². The highest BCUT2D eigenvalue weighted by Gasteiger charge is 2.17. The molecule has 0 saturated carbocycles. The Labute approximate surface area is 77.5 Å². The fourth-order valence-corrected chi connectivity index (χ4v) is 1.51. The SMILES string of the molecule is [O-]N1COCC1Cc1ccccc1. The molecule has 13 heavy (non-hydrogen) atoms. The third-order valence-electron chi connectivity index (χ3n) is 2.25. The summed E-state index contributed by atoms with van der Waals surface area (Å²) in [6.45, 7) is 0.774. The van der Waals surface area contributed by atoms with Crippen LogP contribution in [0.15, 0.2) is 30.3 Å². The van der Waals surface area contributed by atoms with Gasteiger partial charge in [-0.3, -0.25) is 0 Å². The minimum absolute atomic E-state index is 0.00222. The summed E-state index contributed by atoms with van der Waals surface area (Å²) in [7, 11) is 0. The highest BCUT2D eigenvalue weighted by Crippen LogP contribution is 2.13. The maximum atomic E-state index is 11.2. The molecule has 0 N–H and O–H groups in total. The predicted molar refractivity (Wildman–Crippen MR) is 50.0 cm³/mol. The van der Waals surface area contributed by atoms with Crippen LogP contribution in [-0.2, 0) is 11.2 Å². The van der Waals surface area contributed by atoms with E-state index in [9.17, 15) is 5.21 Å². The Bertz CT molecular complexity index is 263. The van der Waals surface area contributed by atoms with E-state index < -0.39 is 0 Å². The van der Waals surface area contributed by atoms with Gasteiger partial charge < -0.3 is 15.0 Å². The summed E-state index contributed by atoms with van der Waals surface area (Å²) in [5.41, 5.74) is 1.19. The van der Waals surface area contributed by atoms with E-state index in [0.29, 0.717) is 6.61 Å². The van der Waals surface area contributed by atoms with Gasteiger partial charge in [-0.05, 0) is 12.0 Å². The summed E-state index contributed by atoms with van der Waals surface area (Å²) in [4.78, 5) is 0. The van der Waals surface area contributed by atoms with E-state index in [4.69, 9.17) is 4.74 Å². The Kier molecular flexibility index (Phi) is 2.59. The molecule has 0 aliphatic carbocycles. The highest BCUT2D eigenvalue weighted by atomic mass is 16.6. The molecule has 1 fully saturated rings. The van der Waals surface area contributed by atoms with Gasteiger partial charge in [0.2, 0.25) is 0 Å². The largest absolute Gasteiger partial charge is 0.783 e. The second-order valence-electron chi connectivity index (χ2n) is 3.26. The lowest BCUT2D eigenvalue weighted by Gasteiger charge is -2.27. The van der Waals surface area contributed by atoms with Crippen molar-refractivity contribution in [2.75, 3.05) is 13.3 Å². The minimum atomic E-state index is 0.00222. The Morgan fingerprint density at radius 3 is 2.77 bits per heavy atom. The molecular weight excluding hydrogens is 166 g/mol. The van der Waals surface area contributed by atoms with E-state index in [-0.39, 0.29) is 12.8 Å². The molecule has 2 rings (SSSR count).